The lowest BCUT2D eigenvalue weighted by Gasteiger charge is -2.28. The van der Waals surface area contributed by atoms with E-state index < -0.39 is 5.97 Å². The molecule has 1 rings (SSSR count). The molecule has 0 spiro atoms. The summed E-state index contributed by atoms with van der Waals surface area (Å²) < 4.78 is 0.771. The SMILES string of the molecule is C[N+](C)(C)CC(CC(=O)O)c1ccccc1. The van der Waals surface area contributed by atoms with E-state index in [0.717, 1.165) is 16.6 Å². The zero-order chi connectivity index (χ0) is 12.2. The first-order valence-corrected chi connectivity index (χ1v) is 5.46. The standard InChI is InChI=1S/C13H19NO2/c1-14(2,3)10-12(9-13(15)16)11-7-5-4-6-8-11/h4-8,12H,9-10H2,1-3H3/p+1. The lowest BCUT2D eigenvalue weighted by atomic mass is 9.95. The fraction of sp³-hybridized carbons (Fsp3) is 0.462. The first-order chi connectivity index (χ1) is 7.38. The van der Waals surface area contributed by atoms with Gasteiger partial charge in [-0.2, -0.15) is 0 Å². The Kier molecular flexibility index (Phi) is 4.07. The largest absolute Gasteiger partial charge is 0.481 e. The van der Waals surface area contributed by atoms with Crippen LogP contribution in [0.4, 0.5) is 0 Å². The van der Waals surface area contributed by atoms with Gasteiger partial charge in [-0.3, -0.25) is 4.79 Å². The van der Waals surface area contributed by atoms with Crippen LogP contribution in [0.5, 0.6) is 0 Å². The number of rotatable bonds is 5. The molecule has 0 radical (unpaired) electrons. The molecule has 88 valence electrons. The van der Waals surface area contributed by atoms with E-state index in [1.807, 2.05) is 30.3 Å². The molecule has 0 aliphatic carbocycles. The molecule has 1 aromatic carbocycles. The van der Waals surface area contributed by atoms with Crippen molar-refractivity contribution in [1.29, 1.82) is 0 Å². The van der Waals surface area contributed by atoms with E-state index in [1.54, 1.807) is 0 Å². The van der Waals surface area contributed by atoms with Crippen LogP contribution in [-0.4, -0.2) is 43.2 Å². The zero-order valence-electron chi connectivity index (χ0n) is 10.2. The van der Waals surface area contributed by atoms with Crippen molar-refractivity contribution in [2.45, 2.75) is 12.3 Å². The molecule has 0 amide bonds. The van der Waals surface area contributed by atoms with Gasteiger partial charge in [0.15, 0.2) is 0 Å². The summed E-state index contributed by atoms with van der Waals surface area (Å²) in [4.78, 5) is 10.9. The average Bonchev–Trinajstić information content (AvgIpc) is 2.15. The summed E-state index contributed by atoms with van der Waals surface area (Å²) in [6.45, 7) is 0.830. The lowest BCUT2D eigenvalue weighted by molar-refractivity contribution is -0.871. The van der Waals surface area contributed by atoms with Crippen LogP contribution in [0.15, 0.2) is 30.3 Å². The van der Waals surface area contributed by atoms with Crippen molar-refractivity contribution in [3.8, 4) is 0 Å². The fourth-order valence-corrected chi connectivity index (χ4v) is 1.88. The maximum atomic E-state index is 10.9. The van der Waals surface area contributed by atoms with Crippen LogP contribution in [0.25, 0.3) is 0 Å². The highest BCUT2D eigenvalue weighted by atomic mass is 16.4. The Morgan fingerprint density at radius 2 is 1.81 bits per heavy atom. The van der Waals surface area contributed by atoms with Crippen molar-refractivity contribution in [2.75, 3.05) is 27.7 Å². The molecule has 0 heterocycles. The van der Waals surface area contributed by atoms with Crippen molar-refractivity contribution in [2.24, 2.45) is 0 Å². The van der Waals surface area contributed by atoms with E-state index >= 15 is 0 Å². The van der Waals surface area contributed by atoms with Crippen LogP contribution >= 0.6 is 0 Å². The van der Waals surface area contributed by atoms with Crippen LogP contribution < -0.4 is 0 Å². The van der Waals surface area contributed by atoms with Gasteiger partial charge in [0.05, 0.1) is 34.1 Å². The van der Waals surface area contributed by atoms with Crippen molar-refractivity contribution >= 4 is 5.97 Å². The van der Waals surface area contributed by atoms with Gasteiger partial charge in [0.1, 0.15) is 0 Å². The predicted molar refractivity (Wildman–Crippen MR) is 64.3 cm³/mol. The highest BCUT2D eigenvalue weighted by molar-refractivity contribution is 5.68. The summed E-state index contributed by atoms with van der Waals surface area (Å²) in [6, 6.07) is 9.87. The van der Waals surface area contributed by atoms with Crippen molar-refractivity contribution in [1.82, 2.24) is 0 Å². The van der Waals surface area contributed by atoms with Crippen LogP contribution in [0.3, 0.4) is 0 Å². The number of aliphatic carboxylic acids is 1. The van der Waals surface area contributed by atoms with Gasteiger partial charge in [-0.15, -0.1) is 0 Å². The third-order valence-corrected chi connectivity index (χ3v) is 2.46. The topological polar surface area (TPSA) is 37.3 Å². The highest BCUT2D eigenvalue weighted by Gasteiger charge is 2.22. The second kappa shape index (κ2) is 5.12. The monoisotopic (exact) mass is 222 g/mol. The maximum absolute atomic E-state index is 10.9. The Balaban J connectivity index is 2.84. The van der Waals surface area contributed by atoms with E-state index in [2.05, 4.69) is 21.1 Å². The van der Waals surface area contributed by atoms with Crippen molar-refractivity contribution in [3.63, 3.8) is 0 Å². The Morgan fingerprint density at radius 3 is 2.25 bits per heavy atom. The van der Waals surface area contributed by atoms with E-state index in [9.17, 15) is 4.79 Å². The second-order valence-electron chi connectivity index (χ2n) is 5.18. The number of nitrogens with zero attached hydrogens (tertiary/aromatic N) is 1. The number of benzene rings is 1. The van der Waals surface area contributed by atoms with Crippen LogP contribution in [0.2, 0.25) is 0 Å². The lowest BCUT2D eigenvalue weighted by Crippen LogP contribution is -2.39. The van der Waals surface area contributed by atoms with Crippen molar-refractivity contribution in [3.05, 3.63) is 35.9 Å². The molecule has 0 fully saturated rings. The molecule has 0 aromatic heterocycles. The third-order valence-electron chi connectivity index (χ3n) is 2.46. The summed E-state index contributed by atoms with van der Waals surface area (Å²) in [5.41, 5.74) is 1.11. The minimum Gasteiger partial charge on any atom is -0.481 e. The molecule has 0 bridgehead atoms. The van der Waals surface area contributed by atoms with Gasteiger partial charge in [-0.05, 0) is 5.56 Å². The molecular formula is C13H20NO2+. The first kappa shape index (κ1) is 12.7. The molecule has 3 nitrogen and oxygen atoms in total. The van der Waals surface area contributed by atoms with E-state index in [-0.39, 0.29) is 12.3 Å². The van der Waals surface area contributed by atoms with Gasteiger partial charge in [0.25, 0.3) is 0 Å². The second-order valence-corrected chi connectivity index (χ2v) is 5.18. The van der Waals surface area contributed by atoms with Crippen LogP contribution in [0.1, 0.15) is 17.9 Å². The molecule has 3 heteroatoms. The van der Waals surface area contributed by atoms with Gasteiger partial charge in [-0.1, -0.05) is 30.3 Å². The molecule has 1 atom stereocenters. The summed E-state index contributed by atoms with van der Waals surface area (Å²) >= 11 is 0. The normalized spacial score (nSPS) is 13.4. The summed E-state index contributed by atoms with van der Waals surface area (Å²) in [6.07, 6.45) is 0.194. The van der Waals surface area contributed by atoms with Crippen LogP contribution in [-0.2, 0) is 4.79 Å². The first-order valence-electron chi connectivity index (χ1n) is 5.46. The molecule has 0 aliphatic heterocycles. The Hall–Kier alpha value is -1.35. The Morgan fingerprint density at radius 1 is 1.25 bits per heavy atom. The van der Waals surface area contributed by atoms with E-state index in [1.165, 1.54) is 0 Å². The molecule has 1 N–H and O–H groups in total. The van der Waals surface area contributed by atoms with Gasteiger partial charge in [0.2, 0.25) is 0 Å². The maximum Gasteiger partial charge on any atom is 0.304 e. The number of carbonyl (C=O) groups is 1. The van der Waals surface area contributed by atoms with Crippen molar-refractivity contribution < 1.29 is 14.4 Å². The number of likely N-dealkylation sites (N-methyl/N-ethyl adjacent to an activating group) is 1. The number of carboxylic acids is 1. The summed E-state index contributed by atoms with van der Waals surface area (Å²) in [7, 11) is 6.24. The van der Waals surface area contributed by atoms with Crippen LogP contribution in [0, 0.1) is 0 Å². The zero-order valence-corrected chi connectivity index (χ0v) is 10.2. The number of carboxylic acid groups (broad SMARTS) is 1. The summed E-state index contributed by atoms with van der Waals surface area (Å²) in [5.74, 6) is -0.652. The third kappa shape index (κ3) is 4.45. The molecule has 1 aromatic rings. The Labute approximate surface area is 96.9 Å². The average molecular weight is 222 g/mol. The minimum atomic E-state index is -0.734. The molecule has 0 aliphatic rings. The smallest absolute Gasteiger partial charge is 0.304 e. The highest BCUT2D eigenvalue weighted by Crippen LogP contribution is 2.21. The van der Waals surface area contributed by atoms with Gasteiger partial charge in [-0.25, -0.2) is 0 Å². The Bertz CT molecular complexity index is 341. The van der Waals surface area contributed by atoms with Gasteiger partial charge < -0.3 is 9.59 Å². The molecule has 16 heavy (non-hydrogen) atoms. The van der Waals surface area contributed by atoms with Gasteiger partial charge >= 0.3 is 5.97 Å². The van der Waals surface area contributed by atoms with E-state index in [4.69, 9.17) is 5.11 Å². The quantitative estimate of drug-likeness (QED) is 0.773. The number of hydrogen-bond donors (Lipinski definition) is 1. The van der Waals surface area contributed by atoms with Gasteiger partial charge in [0, 0.05) is 5.92 Å². The molecular weight excluding hydrogens is 202 g/mol. The minimum absolute atomic E-state index is 0.0821. The molecule has 0 saturated heterocycles. The van der Waals surface area contributed by atoms with E-state index in [0.29, 0.717) is 0 Å². The molecule has 1 unspecified atom stereocenters. The number of quaternary nitrogens is 1. The molecule has 0 saturated carbocycles. The number of hydrogen-bond acceptors (Lipinski definition) is 1. The summed E-state index contributed by atoms with van der Waals surface area (Å²) in [5, 5.41) is 8.94. The fourth-order valence-electron chi connectivity index (χ4n) is 1.88. The predicted octanol–water partition coefficient (Wildman–Crippen LogP) is 1.95.